The first-order valence-corrected chi connectivity index (χ1v) is 12.2. The second-order valence-corrected chi connectivity index (χ2v) is 13.1. The first-order valence-electron chi connectivity index (χ1n) is 7.75. The Morgan fingerprint density at radius 1 is 1.32 bits per heavy atom. The van der Waals surface area contributed by atoms with Crippen molar-refractivity contribution in [2.75, 3.05) is 4.43 Å². The minimum atomic E-state index is -1.80. The number of hydrogen-bond donors (Lipinski definition) is 0. The summed E-state index contributed by atoms with van der Waals surface area (Å²) in [6, 6.07) is 6.26. The lowest BCUT2D eigenvalue weighted by Crippen LogP contribution is -2.41. The van der Waals surface area contributed by atoms with Crippen LogP contribution in [0.4, 0.5) is 0 Å². The summed E-state index contributed by atoms with van der Waals surface area (Å²) in [4.78, 5) is 4.45. The van der Waals surface area contributed by atoms with E-state index in [-0.39, 0.29) is 11.1 Å². The van der Waals surface area contributed by atoms with Gasteiger partial charge in [0, 0.05) is 11.4 Å². The van der Waals surface area contributed by atoms with Crippen molar-refractivity contribution in [3.63, 3.8) is 0 Å². The molecular weight excluding hydrogens is 405 g/mol. The van der Waals surface area contributed by atoms with Crippen LogP contribution in [0.2, 0.25) is 18.1 Å². The molecule has 2 rings (SSSR count). The Balaban J connectivity index is 2.33. The molecule has 1 heterocycles. The molecule has 0 saturated heterocycles. The quantitative estimate of drug-likeness (QED) is 0.330. The third-order valence-corrected chi connectivity index (χ3v) is 9.61. The van der Waals surface area contributed by atoms with Crippen LogP contribution in [0.3, 0.4) is 0 Å². The standard InChI is InChI=1S/C17H26INO2Si/c1-12-19-14-11-13(7-8-16(14)20-12)15(9-10-18)21-22(5,6)17(2,3)4/h7-8,11,15H,9-10H2,1-6H3/t15-/m0/s1. The summed E-state index contributed by atoms with van der Waals surface area (Å²) in [5, 5.41) is 0.213. The Morgan fingerprint density at radius 2 is 2.00 bits per heavy atom. The molecule has 0 radical (unpaired) electrons. The predicted octanol–water partition coefficient (Wildman–Crippen LogP) is 6.02. The van der Waals surface area contributed by atoms with E-state index in [0.29, 0.717) is 5.89 Å². The van der Waals surface area contributed by atoms with Gasteiger partial charge in [-0.1, -0.05) is 49.4 Å². The summed E-state index contributed by atoms with van der Waals surface area (Å²) in [7, 11) is -1.80. The SMILES string of the molecule is Cc1nc2cc([C@H](CCI)O[Si](C)(C)C(C)(C)C)ccc2o1. The molecule has 0 amide bonds. The van der Waals surface area contributed by atoms with Crippen molar-refractivity contribution in [2.45, 2.75) is 58.4 Å². The van der Waals surface area contributed by atoms with E-state index in [1.165, 1.54) is 5.56 Å². The molecule has 0 N–H and O–H groups in total. The van der Waals surface area contributed by atoms with E-state index < -0.39 is 8.32 Å². The first-order chi connectivity index (χ1) is 10.1. The zero-order valence-electron chi connectivity index (χ0n) is 14.4. The molecule has 0 saturated carbocycles. The Hall–Kier alpha value is -0.403. The Labute approximate surface area is 148 Å². The Kier molecular flexibility index (Phi) is 5.39. The molecule has 1 atom stereocenters. The number of oxazole rings is 1. The van der Waals surface area contributed by atoms with E-state index in [0.717, 1.165) is 21.9 Å². The fourth-order valence-electron chi connectivity index (χ4n) is 2.19. The number of fused-ring (bicyclic) bond motifs is 1. The van der Waals surface area contributed by atoms with Crippen LogP contribution in [0.15, 0.2) is 22.6 Å². The number of alkyl halides is 1. The number of aromatic nitrogens is 1. The first kappa shape index (κ1) is 17.9. The lowest BCUT2D eigenvalue weighted by atomic mass is 10.1. The van der Waals surface area contributed by atoms with Crippen molar-refractivity contribution in [3.8, 4) is 0 Å². The van der Waals surface area contributed by atoms with Gasteiger partial charge in [0.2, 0.25) is 0 Å². The highest BCUT2D eigenvalue weighted by Crippen LogP contribution is 2.41. The maximum absolute atomic E-state index is 6.66. The van der Waals surface area contributed by atoms with Gasteiger partial charge in [0.05, 0.1) is 6.10 Å². The second kappa shape index (κ2) is 6.61. The van der Waals surface area contributed by atoms with Crippen molar-refractivity contribution in [1.82, 2.24) is 4.98 Å². The van der Waals surface area contributed by atoms with Crippen LogP contribution >= 0.6 is 22.6 Å². The van der Waals surface area contributed by atoms with Crippen LogP contribution in [0.5, 0.6) is 0 Å². The lowest BCUT2D eigenvalue weighted by molar-refractivity contribution is 0.181. The molecule has 0 aliphatic carbocycles. The van der Waals surface area contributed by atoms with Gasteiger partial charge in [-0.3, -0.25) is 0 Å². The monoisotopic (exact) mass is 431 g/mol. The normalized spacial score (nSPS) is 14.5. The van der Waals surface area contributed by atoms with E-state index in [2.05, 4.69) is 73.6 Å². The van der Waals surface area contributed by atoms with Gasteiger partial charge >= 0.3 is 0 Å². The molecule has 0 bridgehead atoms. The zero-order chi connectivity index (χ0) is 16.5. The largest absolute Gasteiger partial charge is 0.441 e. The molecule has 0 fully saturated rings. The molecule has 2 aromatic rings. The zero-order valence-corrected chi connectivity index (χ0v) is 17.5. The summed E-state index contributed by atoms with van der Waals surface area (Å²) >= 11 is 2.43. The van der Waals surface area contributed by atoms with E-state index in [4.69, 9.17) is 8.84 Å². The molecule has 0 spiro atoms. The second-order valence-electron chi connectivity index (χ2n) is 7.30. The Morgan fingerprint density at radius 3 is 2.59 bits per heavy atom. The van der Waals surface area contributed by atoms with Gasteiger partial charge < -0.3 is 8.84 Å². The lowest BCUT2D eigenvalue weighted by Gasteiger charge is -2.39. The van der Waals surface area contributed by atoms with Crippen molar-refractivity contribution >= 4 is 42.0 Å². The fourth-order valence-corrected chi connectivity index (χ4v) is 4.07. The third-order valence-electron chi connectivity index (χ3n) is 4.50. The summed E-state index contributed by atoms with van der Waals surface area (Å²) in [6.07, 6.45) is 1.16. The van der Waals surface area contributed by atoms with Gasteiger partial charge in [-0.05, 0) is 42.2 Å². The molecular formula is C17H26INO2Si. The van der Waals surface area contributed by atoms with Crippen LogP contribution in [-0.2, 0) is 4.43 Å². The number of rotatable bonds is 5. The highest BCUT2D eigenvalue weighted by atomic mass is 127. The van der Waals surface area contributed by atoms with Crippen LogP contribution < -0.4 is 0 Å². The maximum atomic E-state index is 6.66. The maximum Gasteiger partial charge on any atom is 0.192 e. The smallest absolute Gasteiger partial charge is 0.192 e. The number of hydrogen-bond acceptors (Lipinski definition) is 3. The summed E-state index contributed by atoms with van der Waals surface area (Å²) in [6.45, 7) is 13.4. The van der Waals surface area contributed by atoms with Gasteiger partial charge in [0.15, 0.2) is 19.8 Å². The van der Waals surface area contributed by atoms with E-state index >= 15 is 0 Å². The summed E-state index contributed by atoms with van der Waals surface area (Å²) in [5.74, 6) is 0.711. The minimum Gasteiger partial charge on any atom is -0.441 e. The van der Waals surface area contributed by atoms with Gasteiger partial charge in [0.1, 0.15) is 5.52 Å². The van der Waals surface area contributed by atoms with Gasteiger partial charge in [-0.2, -0.15) is 0 Å². The molecule has 0 aliphatic rings. The number of aryl methyl sites for hydroxylation is 1. The molecule has 5 heteroatoms. The molecule has 122 valence electrons. The summed E-state index contributed by atoms with van der Waals surface area (Å²) < 4.78 is 13.3. The molecule has 0 unspecified atom stereocenters. The third kappa shape index (κ3) is 3.92. The van der Waals surface area contributed by atoms with Crippen LogP contribution in [-0.4, -0.2) is 17.7 Å². The predicted molar refractivity (Wildman–Crippen MR) is 103 cm³/mol. The topological polar surface area (TPSA) is 35.3 Å². The van der Waals surface area contributed by atoms with Crippen LogP contribution in [0.1, 0.15) is 44.8 Å². The van der Waals surface area contributed by atoms with Gasteiger partial charge in [-0.25, -0.2) is 4.98 Å². The number of nitrogens with zero attached hydrogens (tertiary/aromatic N) is 1. The number of halogens is 1. The van der Waals surface area contributed by atoms with Gasteiger partial charge in [-0.15, -0.1) is 0 Å². The van der Waals surface area contributed by atoms with Gasteiger partial charge in [0.25, 0.3) is 0 Å². The minimum absolute atomic E-state index is 0.138. The molecule has 1 aromatic carbocycles. The molecule has 0 aliphatic heterocycles. The average Bonchev–Trinajstić information content (AvgIpc) is 2.75. The van der Waals surface area contributed by atoms with Crippen molar-refractivity contribution in [2.24, 2.45) is 0 Å². The summed E-state index contributed by atoms with van der Waals surface area (Å²) in [5.41, 5.74) is 2.98. The van der Waals surface area contributed by atoms with E-state index in [9.17, 15) is 0 Å². The van der Waals surface area contributed by atoms with E-state index in [1.54, 1.807) is 0 Å². The highest BCUT2D eigenvalue weighted by Gasteiger charge is 2.39. The van der Waals surface area contributed by atoms with E-state index in [1.807, 2.05) is 13.0 Å². The van der Waals surface area contributed by atoms with Crippen LogP contribution in [0.25, 0.3) is 11.1 Å². The van der Waals surface area contributed by atoms with Crippen molar-refractivity contribution < 1.29 is 8.84 Å². The fraction of sp³-hybridized carbons (Fsp3) is 0.588. The average molecular weight is 431 g/mol. The molecule has 3 nitrogen and oxygen atoms in total. The molecule has 22 heavy (non-hydrogen) atoms. The number of benzene rings is 1. The van der Waals surface area contributed by atoms with Crippen molar-refractivity contribution in [3.05, 3.63) is 29.7 Å². The molecule has 1 aromatic heterocycles. The Bertz CT molecular complexity index is 646. The van der Waals surface area contributed by atoms with Crippen molar-refractivity contribution in [1.29, 1.82) is 0 Å². The van der Waals surface area contributed by atoms with Crippen LogP contribution in [0, 0.1) is 6.92 Å². The highest BCUT2D eigenvalue weighted by molar-refractivity contribution is 14.1.